The van der Waals surface area contributed by atoms with Crippen LogP contribution in [0.15, 0.2) is 29.3 Å². The molecule has 3 rings (SSSR count). The van der Waals surface area contributed by atoms with Gasteiger partial charge in [-0.15, -0.1) is 0 Å². The van der Waals surface area contributed by atoms with E-state index in [2.05, 4.69) is 23.7 Å². The lowest BCUT2D eigenvalue weighted by Crippen LogP contribution is -2.40. The molecule has 1 aliphatic carbocycles. The number of hydrogen-bond donors (Lipinski definition) is 0. The van der Waals surface area contributed by atoms with Crippen LogP contribution in [-0.2, 0) is 5.54 Å². The van der Waals surface area contributed by atoms with Gasteiger partial charge >= 0.3 is 0 Å². The third-order valence-electron chi connectivity index (χ3n) is 4.47. The van der Waals surface area contributed by atoms with Crippen molar-refractivity contribution in [3.63, 3.8) is 0 Å². The Bertz CT molecular complexity index is 717. The van der Waals surface area contributed by atoms with Crippen LogP contribution in [0.2, 0.25) is 0 Å². The predicted molar refractivity (Wildman–Crippen MR) is 81.0 cm³/mol. The van der Waals surface area contributed by atoms with Gasteiger partial charge in [-0.3, -0.25) is 9.36 Å². The third kappa shape index (κ3) is 2.46. The van der Waals surface area contributed by atoms with Gasteiger partial charge in [0.25, 0.3) is 5.56 Å². The van der Waals surface area contributed by atoms with E-state index in [4.69, 9.17) is 0 Å². The summed E-state index contributed by atoms with van der Waals surface area (Å²) in [5.41, 5.74) is 0.261. The minimum atomic E-state index is -0.396. The molecule has 0 atom stereocenters. The summed E-state index contributed by atoms with van der Waals surface area (Å²) in [5.74, 6) is -0.396. The van der Waals surface area contributed by atoms with Crippen molar-refractivity contribution in [3.8, 4) is 0 Å². The Morgan fingerprint density at radius 3 is 2.67 bits per heavy atom. The molecule has 1 aromatic carbocycles. The van der Waals surface area contributed by atoms with Crippen LogP contribution in [-0.4, -0.2) is 34.1 Å². The van der Waals surface area contributed by atoms with E-state index in [9.17, 15) is 9.18 Å². The van der Waals surface area contributed by atoms with Crippen molar-refractivity contribution < 1.29 is 4.39 Å². The van der Waals surface area contributed by atoms with Crippen LogP contribution in [0.3, 0.4) is 0 Å². The highest BCUT2D eigenvalue weighted by Gasteiger charge is 2.46. The van der Waals surface area contributed by atoms with Gasteiger partial charge in [0.15, 0.2) is 0 Å². The SMILES string of the molecule is CCN(CC)CC1(n2cnc3ccc(F)cc3c2=O)CC1. The maximum atomic E-state index is 13.4. The molecule has 1 saturated carbocycles. The highest BCUT2D eigenvalue weighted by atomic mass is 19.1. The molecule has 112 valence electrons. The number of hydrogen-bond acceptors (Lipinski definition) is 3. The molecule has 1 fully saturated rings. The van der Waals surface area contributed by atoms with Crippen LogP contribution in [0.5, 0.6) is 0 Å². The van der Waals surface area contributed by atoms with E-state index in [1.165, 1.54) is 12.1 Å². The van der Waals surface area contributed by atoms with Gasteiger partial charge in [-0.05, 0) is 44.1 Å². The second-order valence-electron chi connectivity index (χ2n) is 5.77. The third-order valence-corrected chi connectivity index (χ3v) is 4.47. The van der Waals surface area contributed by atoms with Gasteiger partial charge in [0.05, 0.1) is 22.8 Å². The highest BCUT2D eigenvalue weighted by Crippen LogP contribution is 2.43. The Morgan fingerprint density at radius 2 is 2.05 bits per heavy atom. The number of nitrogens with zero attached hydrogens (tertiary/aromatic N) is 3. The van der Waals surface area contributed by atoms with E-state index >= 15 is 0 Å². The molecular formula is C16H20FN3O. The van der Waals surface area contributed by atoms with Crippen molar-refractivity contribution in [3.05, 3.63) is 40.7 Å². The normalized spacial score (nSPS) is 16.6. The Balaban J connectivity index is 2.05. The molecule has 4 nitrogen and oxygen atoms in total. The van der Waals surface area contributed by atoms with Gasteiger partial charge in [-0.2, -0.15) is 0 Å². The summed E-state index contributed by atoms with van der Waals surface area (Å²) in [6.45, 7) is 7.01. The summed E-state index contributed by atoms with van der Waals surface area (Å²) in [4.78, 5) is 19.3. The van der Waals surface area contributed by atoms with Crippen LogP contribution in [0, 0.1) is 5.82 Å². The van der Waals surface area contributed by atoms with Crippen molar-refractivity contribution in [2.45, 2.75) is 32.2 Å². The number of aromatic nitrogens is 2. The average molecular weight is 289 g/mol. The molecular weight excluding hydrogens is 269 g/mol. The molecule has 0 saturated heterocycles. The van der Waals surface area contributed by atoms with E-state index < -0.39 is 5.82 Å². The van der Waals surface area contributed by atoms with Gasteiger partial charge in [-0.1, -0.05) is 13.8 Å². The first kappa shape index (κ1) is 14.2. The Hall–Kier alpha value is -1.75. The summed E-state index contributed by atoms with van der Waals surface area (Å²) < 4.78 is 15.1. The first-order valence-electron chi connectivity index (χ1n) is 7.49. The molecule has 21 heavy (non-hydrogen) atoms. The molecule has 1 aliphatic rings. The molecule has 0 N–H and O–H groups in total. The molecule has 1 heterocycles. The lowest BCUT2D eigenvalue weighted by Gasteiger charge is -2.26. The number of fused-ring (bicyclic) bond motifs is 1. The van der Waals surface area contributed by atoms with Crippen molar-refractivity contribution in [1.82, 2.24) is 14.5 Å². The maximum Gasteiger partial charge on any atom is 0.261 e. The van der Waals surface area contributed by atoms with Crippen LogP contribution < -0.4 is 5.56 Å². The monoisotopic (exact) mass is 289 g/mol. The fraction of sp³-hybridized carbons (Fsp3) is 0.500. The van der Waals surface area contributed by atoms with Gasteiger partial charge in [0.1, 0.15) is 5.82 Å². The second-order valence-corrected chi connectivity index (χ2v) is 5.77. The van der Waals surface area contributed by atoms with E-state index in [-0.39, 0.29) is 11.1 Å². The average Bonchev–Trinajstić information content (AvgIpc) is 3.26. The summed E-state index contributed by atoms with van der Waals surface area (Å²) in [6, 6.07) is 4.18. The Kier molecular flexibility index (Phi) is 3.53. The van der Waals surface area contributed by atoms with Gasteiger partial charge in [0, 0.05) is 6.54 Å². The highest BCUT2D eigenvalue weighted by molar-refractivity contribution is 5.77. The molecule has 0 unspecified atom stereocenters. The standard InChI is InChI=1S/C16H20FN3O/c1-3-19(4-2)10-16(7-8-16)20-11-18-14-6-5-12(17)9-13(14)15(20)21/h5-6,9,11H,3-4,7-8,10H2,1-2H3. The minimum Gasteiger partial charge on any atom is -0.302 e. The largest absolute Gasteiger partial charge is 0.302 e. The Morgan fingerprint density at radius 1 is 1.33 bits per heavy atom. The van der Waals surface area contributed by atoms with Crippen molar-refractivity contribution in [1.29, 1.82) is 0 Å². The molecule has 0 bridgehead atoms. The van der Waals surface area contributed by atoms with E-state index in [1.807, 2.05) is 0 Å². The number of benzene rings is 1. The second kappa shape index (κ2) is 5.22. The zero-order valence-electron chi connectivity index (χ0n) is 12.5. The predicted octanol–water partition coefficient (Wildman–Crippen LogP) is 2.37. The van der Waals surface area contributed by atoms with Crippen LogP contribution in [0.1, 0.15) is 26.7 Å². The summed E-state index contributed by atoms with van der Waals surface area (Å²) >= 11 is 0. The maximum absolute atomic E-state index is 13.4. The molecule has 0 amide bonds. The lowest BCUT2D eigenvalue weighted by molar-refractivity contribution is 0.236. The summed E-state index contributed by atoms with van der Waals surface area (Å²) in [7, 11) is 0. The van der Waals surface area contributed by atoms with Crippen molar-refractivity contribution in [2.24, 2.45) is 0 Å². The molecule has 1 aromatic heterocycles. The van der Waals surface area contributed by atoms with Crippen molar-refractivity contribution in [2.75, 3.05) is 19.6 Å². The van der Waals surface area contributed by atoms with E-state index in [0.717, 1.165) is 32.5 Å². The minimum absolute atomic E-state index is 0.135. The summed E-state index contributed by atoms with van der Waals surface area (Å²) in [5, 5.41) is 0.364. The molecule has 5 heteroatoms. The molecule has 0 radical (unpaired) electrons. The zero-order chi connectivity index (χ0) is 15.0. The number of likely N-dealkylation sites (N-methyl/N-ethyl adjacent to an activating group) is 1. The smallest absolute Gasteiger partial charge is 0.261 e. The topological polar surface area (TPSA) is 38.1 Å². The van der Waals surface area contributed by atoms with E-state index in [1.54, 1.807) is 17.0 Å². The van der Waals surface area contributed by atoms with Crippen LogP contribution >= 0.6 is 0 Å². The van der Waals surface area contributed by atoms with Crippen molar-refractivity contribution >= 4 is 10.9 Å². The first-order valence-corrected chi connectivity index (χ1v) is 7.49. The molecule has 0 aliphatic heterocycles. The fourth-order valence-electron chi connectivity index (χ4n) is 2.92. The number of rotatable bonds is 5. The number of halogens is 1. The zero-order valence-corrected chi connectivity index (χ0v) is 12.5. The first-order chi connectivity index (χ1) is 10.1. The van der Waals surface area contributed by atoms with Gasteiger partial charge < -0.3 is 4.90 Å². The molecule has 2 aromatic rings. The summed E-state index contributed by atoms with van der Waals surface area (Å²) in [6.07, 6.45) is 3.58. The van der Waals surface area contributed by atoms with Crippen LogP contribution in [0.4, 0.5) is 4.39 Å². The van der Waals surface area contributed by atoms with E-state index in [0.29, 0.717) is 10.9 Å². The molecule has 0 spiro atoms. The van der Waals surface area contributed by atoms with Gasteiger partial charge in [0.2, 0.25) is 0 Å². The van der Waals surface area contributed by atoms with Crippen LogP contribution in [0.25, 0.3) is 10.9 Å². The fourth-order valence-corrected chi connectivity index (χ4v) is 2.92. The van der Waals surface area contributed by atoms with Gasteiger partial charge in [-0.25, -0.2) is 9.37 Å². The quantitative estimate of drug-likeness (QED) is 0.848. The lowest BCUT2D eigenvalue weighted by atomic mass is 10.2. The Labute approximate surface area is 123 Å².